The molecule has 0 saturated carbocycles. The molecule has 1 unspecified atom stereocenters. The molecular formula is C13H13F3N4O3S. The Bertz CT molecular complexity index is 777. The van der Waals surface area contributed by atoms with Gasteiger partial charge >= 0.3 is 6.36 Å². The van der Waals surface area contributed by atoms with Crippen LogP contribution < -0.4 is 20.7 Å². The Kier molecular flexibility index (Phi) is 4.94. The van der Waals surface area contributed by atoms with Gasteiger partial charge in [0.05, 0.1) is 10.2 Å². The topological polar surface area (TPSA) is 97.5 Å². The Morgan fingerprint density at radius 1 is 1.42 bits per heavy atom. The lowest BCUT2D eigenvalue weighted by Gasteiger charge is -2.18. The van der Waals surface area contributed by atoms with E-state index in [0.29, 0.717) is 10.2 Å². The van der Waals surface area contributed by atoms with Crippen LogP contribution in [-0.4, -0.2) is 36.4 Å². The summed E-state index contributed by atoms with van der Waals surface area (Å²) in [5, 5.41) is 2.46. The van der Waals surface area contributed by atoms with Crippen molar-refractivity contribution in [1.82, 2.24) is 10.3 Å². The fourth-order valence-corrected chi connectivity index (χ4v) is 2.78. The third kappa shape index (κ3) is 4.32. The van der Waals surface area contributed by atoms with Gasteiger partial charge in [-0.05, 0) is 12.1 Å². The number of hydrogen-bond donors (Lipinski definition) is 2. The highest BCUT2D eigenvalue weighted by molar-refractivity contribution is 7.22. The number of anilines is 1. The molecule has 7 nitrogen and oxygen atoms in total. The molecule has 0 spiro atoms. The van der Waals surface area contributed by atoms with Gasteiger partial charge in [-0.3, -0.25) is 14.5 Å². The van der Waals surface area contributed by atoms with E-state index >= 15 is 0 Å². The van der Waals surface area contributed by atoms with Crippen LogP contribution in [0.5, 0.6) is 5.75 Å². The van der Waals surface area contributed by atoms with Gasteiger partial charge in [0, 0.05) is 20.0 Å². The highest BCUT2D eigenvalue weighted by atomic mass is 32.1. The van der Waals surface area contributed by atoms with E-state index in [-0.39, 0.29) is 10.9 Å². The number of carbonyl (C=O) groups excluding carboxylic acids is 2. The Balaban J connectivity index is 2.23. The fraction of sp³-hybridized carbons (Fsp3) is 0.308. The highest BCUT2D eigenvalue weighted by Gasteiger charge is 2.31. The van der Waals surface area contributed by atoms with Gasteiger partial charge in [-0.1, -0.05) is 11.3 Å². The Morgan fingerprint density at radius 3 is 2.67 bits per heavy atom. The van der Waals surface area contributed by atoms with Gasteiger partial charge in [-0.15, -0.1) is 13.2 Å². The first-order chi connectivity index (χ1) is 11.1. The number of likely N-dealkylation sites (N-methyl/N-ethyl adjacent to an activating group) is 1. The zero-order valence-corrected chi connectivity index (χ0v) is 13.4. The van der Waals surface area contributed by atoms with Crippen LogP contribution >= 0.6 is 11.3 Å². The number of benzene rings is 1. The zero-order chi connectivity index (χ0) is 18.1. The molecule has 2 rings (SSSR count). The third-order valence-corrected chi connectivity index (χ3v) is 3.92. The molecule has 130 valence electrons. The summed E-state index contributed by atoms with van der Waals surface area (Å²) in [6.07, 6.45) is -6.04. The van der Waals surface area contributed by atoms with Crippen molar-refractivity contribution in [1.29, 1.82) is 0 Å². The number of halogens is 3. The summed E-state index contributed by atoms with van der Waals surface area (Å²) in [5.74, 6) is -1.47. The van der Waals surface area contributed by atoms with E-state index < -0.39 is 24.3 Å². The molecule has 1 aromatic carbocycles. The van der Waals surface area contributed by atoms with Crippen LogP contribution in [0.1, 0.15) is 6.92 Å². The van der Waals surface area contributed by atoms with Crippen LogP contribution in [0.4, 0.5) is 18.3 Å². The van der Waals surface area contributed by atoms with E-state index in [9.17, 15) is 22.8 Å². The standard InChI is InChI=1S/C13H13F3N4O3S/c1-6(21)18-10(17)11(22)20(2)12-19-8-4-3-7(5-9(8)24-12)23-13(14,15)16/h3-5,10H,17H2,1-2H3,(H,18,21). The van der Waals surface area contributed by atoms with Crippen molar-refractivity contribution >= 4 is 38.5 Å². The van der Waals surface area contributed by atoms with Crippen molar-refractivity contribution < 1.29 is 27.5 Å². The molecule has 1 atom stereocenters. The molecule has 2 amide bonds. The van der Waals surface area contributed by atoms with Gasteiger partial charge in [0.1, 0.15) is 5.75 Å². The largest absolute Gasteiger partial charge is 0.573 e. The average Bonchev–Trinajstić information content (AvgIpc) is 2.86. The van der Waals surface area contributed by atoms with Crippen molar-refractivity contribution in [2.45, 2.75) is 19.5 Å². The molecule has 0 aliphatic heterocycles. The maximum absolute atomic E-state index is 12.2. The zero-order valence-electron chi connectivity index (χ0n) is 12.5. The minimum Gasteiger partial charge on any atom is -0.406 e. The molecule has 2 aromatic rings. The molecule has 1 aromatic heterocycles. The summed E-state index contributed by atoms with van der Waals surface area (Å²) < 4.78 is 41.0. The number of nitrogens with two attached hydrogens (primary N) is 1. The van der Waals surface area contributed by atoms with Crippen molar-refractivity contribution in [2.24, 2.45) is 5.73 Å². The maximum Gasteiger partial charge on any atom is 0.573 e. The summed E-state index contributed by atoms with van der Waals surface area (Å²) in [5.41, 5.74) is 5.95. The van der Waals surface area contributed by atoms with Crippen molar-refractivity contribution in [3.05, 3.63) is 18.2 Å². The van der Waals surface area contributed by atoms with Gasteiger partial charge in [0.25, 0.3) is 5.91 Å². The molecule has 0 fully saturated rings. The number of rotatable bonds is 4. The molecule has 24 heavy (non-hydrogen) atoms. The SMILES string of the molecule is CC(=O)NC(N)C(=O)N(C)c1nc2ccc(OC(F)(F)F)cc2s1. The van der Waals surface area contributed by atoms with Gasteiger partial charge in [0.2, 0.25) is 5.91 Å². The van der Waals surface area contributed by atoms with Gasteiger partial charge < -0.3 is 15.8 Å². The molecule has 0 aliphatic carbocycles. The molecular weight excluding hydrogens is 349 g/mol. The number of thiazole rings is 1. The van der Waals surface area contributed by atoms with E-state index in [4.69, 9.17) is 5.73 Å². The third-order valence-electron chi connectivity index (χ3n) is 2.82. The lowest BCUT2D eigenvalue weighted by Crippen LogP contribution is -2.52. The summed E-state index contributed by atoms with van der Waals surface area (Å²) in [6.45, 7) is 1.22. The number of aromatic nitrogens is 1. The number of hydrogen-bond acceptors (Lipinski definition) is 6. The number of fused-ring (bicyclic) bond motifs is 1. The number of nitrogens with zero attached hydrogens (tertiary/aromatic N) is 2. The van der Waals surface area contributed by atoms with Gasteiger partial charge in [0.15, 0.2) is 11.3 Å². The van der Waals surface area contributed by atoms with Crippen molar-refractivity contribution in [3.63, 3.8) is 0 Å². The number of alkyl halides is 3. The second-order valence-electron chi connectivity index (χ2n) is 4.75. The molecule has 0 aliphatic rings. The van der Waals surface area contributed by atoms with Crippen LogP contribution in [-0.2, 0) is 9.59 Å². The molecule has 0 saturated heterocycles. The maximum atomic E-state index is 12.2. The smallest absolute Gasteiger partial charge is 0.406 e. The molecule has 0 bridgehead atoms. The Hall–Kier alpha value is -2.40. The molecule has 3 N–H and O–H groups in total. The number of amides is 2. The van der Waals surface area contributed by atoms with E-state index in [1.165, 1.54) is 26.1 Å². The predicted molar refractivity (Wildman–Crippen MR) is 81.5 cm³/mol. The lowest BCUT2D eigenvalue weighted by atomic mass is 10.3. The van der Waals surface area contributed by atoms with Gasteiger partial charge in [-0.25, -0.2) is 4.98 Å². The number of ether oxygens (including phenoxy) is 1. The average molecular weight is 362 g/mol. The number of nitrogens with one attached hydrogen (secondary N) is 1. The fourth-order valence-electron chi connectivity index (χ4n) is 1.82. The minimum atomic E-state index is -4.79. The van der Waals surface area contributed by atoms with E-state index in [2.05, 4.69) is 15.0 Å². The summed E-state index contributed by atoms with van der Waals surface area (Å²) >= 11 is 0.989. The molecule has 0 radical (unpaired) electrons. The van der Waals surface area contributed by atoms with Gasteiger partial charge in [-0.2, -0.15) is 0 Å². The van der Waals surface area contributed by atoms with E-state index in [1.54, 1.807) is 0 Å². The summed E-state index contributed by atoms with van der Waals surface area (Å²) in [6, 6.07) is 3.66. The highest BCUT2D eigenvalue weighted by Crippen LogP contribution is 2.32. The van der Waals surface area contributed by atoms with Crippen molar-refractivity contribution in [2.75, 3.05) is 11.9 Å². The van der Waals surface area contributed by atoms with Crippen molar-refractivity contribution in [3.8, 4) is 5.75 Å². The molecule has 1 heterocycles. The van der Waals surface area contributed by atoms with Crippen LogP contribution in [0.2, 0.25) is 0 Å². The minimum absolute atomic E-state index is 0.222. The van der Waals surface area contributed by atoms with Crippen LogP contribution in [0.25, 0.3) is 10.2 Å². The first-order valence-electron chi connectivity index (χ1n) is 6.53. The van der Waals surface area contributed by atoms with Crippen LogP contribution in [0.3, 0.4) is 0 Å². The van der Waals surface area contributed by atoms with E-state index in [1.807, 2.05) is 0 Å². The Morgan fingerprint density at radius 2 is 2.08 bits per heavy atom. The Labute approximate surface area is 138 Å². The first kappa shape index (κ1) is 17.9. The normalized spacial score (nSPS) is 12.8. The lowest BCUT2D eigenvalue weighted by molar-refractivity contribution is -0.274. The first-order valence-corrected chi connectivity index (χ1v) is 7.35. The molecule has 11 heteroatoms. The number of carbonyl (C=O) groups is 2. The quantitative estimate of drug-likeness (QED) is 0.805. The van der Waals surface area contributed by atoms with Crippen LogP contribution in [0, 0.1) is 0 Å². The predicted octanol–water partition coefficient (Wildman–Crippen LogP) is 1.58. The second kappa shape index (κ2) is 6.61. The van der Waals surface area contributed by atoms with E-state index in [0.717, 1.165) is 22.3 Å². The summed E-state index contributed by atoms with van der Waals surface area (Å²) in [4.78, 5) is 28.3. The second-order valence-corrected chi connectivity index (χ2v) is 5.76. The summed E-state index contributed by atoms with van der Waals surface area (Å²) in [7, 11) is 1.40. The van der Waals surface area contributed by atoms with Crippen LogP contribution in [0.15, 0.2) is 18.2 Å². The monoisotopic (exact) mass is 362 g/mol.